The molecule has 0 bridgehead atoms. The molecule has 2 aromatic carbocycles. The van der Waals surface area contributed by atoms with E-state index < -0.39 is 16.1 Å². The average molecular weight is 503 g/mol. The molecule has 0 aliphatic heterocycles. The van der Waals surface area contributed by atoms with Crippen LogP contribution in [0.4, 0.5) is 0 Å². The summed E-state index contributed by atoms with van der Waals surface area (Å²) in [5.41, 5.74) is 1.57. The van der Waals surface area contributed by atoms with Crippen LogP contribution in [0.25, 0.3) is 0 Å². The van der Waals surface area contributed by atoms with Gasteiger partial charge < -0.3 is 4.52 Å². The zero-order valence-electron chi connectivity index (χ0n) is 13.8. The van der Waals surface area contributed by atoms with Crippen LogP contribution in [0.2, 0.25) is 5.02 Å². The van der Waals surface area contributed by atoms with E-state index in [-0.39, 0.29) is 4.90 Å². The lowest BCUT2D eigenvalue weighted by Crippen LogP contribution is -2.30. The highest BCUT2D eigenvalue weighted by Gasteiger charge is 2.27. The molecule has 136 valence electrons. The molecule has 1 heterocycles. The summed E-state index contributed by atoms with van der Waals surface area (Å²) in [7, 11) is -3.75. The Balaban J connectivity index is 1.95. The molecule has 8 heteroatoms. The Kier molecular flexibility index (Phi) is 6.01. The molecule has 0 aliphatic rings. The summed E-state index contributed by atoms with van der Waals surface area (Å²) in [5, 5.41) is 4.55. The molecule has 0 radical (unpaired) electrons. The first-order valence-corrected chi connectivity index (χ1v) is 10.7. The highest BCUT2D eigenvalue weighted by atomic mass is 127. The molecule has 1 atom stereocenters. The monoisotopic (exact) mass is 502 g/mol. The van der Waals surface area contributed by atoms with Crippen LogP contribution in [0, 0.1) is 10.5 Å². The minimum atomic E-state index is -3.75. The van der Waals surface area contributed by atoms with Crippen molar-refractivity contribution in [2.45, 2.75) is 24.3 Å². The quantitative estimate of drug-likeness (QED) is 0.504. The molecular weight excluding hydrogens is 487 g/mol. The van der Waals surface area contributed by atoms with Gasteiger partial charge in [-0.25, -0.2) is 13.1 Å². The van der Waals surface area contributed by atoms with E-state index in [9.17, 15) is 8.42 Å². The van der Waals surface area contributed by atoms with Gasteiger partial charge in [-0.15, -0.1) is 0 Å². The second kappa shape index (κ2) is 8.08. The van der Waals surface area contributed by atoms with Gasteiger partial charge in [-0.1, -0.05) is 47.1 Å². The van der Waals surface area contributed by atoms with Crippen molar-refractivity contribution in [3.05, 3.63) is 80.2 Å². The number of nitrogens with zero attached hydrogens (tertiary/aromatic N) is 1. The maximum absolute atomic E-state index is 12.8. The molecule has 0 saturated carbocycles. The molecule has 0 amide bonds. The number of hydrogen-bond donors (Lipinski definition) is 1. The first kappa shape index (κ1) is 19.3. The molecule has 5 nitrogen and oxygen atoms in total. The average Bonchev–Trinajstić information content (AvgIpc) is 2.95. The van der Waals surface area contributed by atoms with Gasteiger partial charge in [0.25, 0.3) is 0 Å². The van der Waals surface area contributed by atoms with E-state index in [2.05, 4.69) is 32.5 Å². The van der Waals surface area contributed by atoms with Crippen LogP contribution < -0.4 is 4.72 Å². The zero-order chi connectivity index (χ0) is 18.7. The molecule has 3 rings (SSSR count). The minimum absolute atomic E-state index is 0.148. The van der Waals surface area contributed by atoms with E-state index in [4.69, 9.17) is 16.1 Å². The highest BCUT2D eigenvalue weighted by molar-refractivity contribution is 14.1. The molecule has 0 unspecified atom stereocenters. The molecule has 0 spiro atoms. The minimum Gasteiger partial charge on any atom is -0.360 e. The number of hydrogen-bond acceptors (Lipinski definition) is 4. The Morgan fingerprint density at radius 3 is 2.38 bits per heavy atom. The van der Waals surface area contributed by atoms with E-state index in [1.54, 1.807) is 19.1 Å². The third-order valence-electron chi connectivity index (χ3n) is 3.85. The van der Waals surface area contributed by atoms with E-state index in [0.29, 0.717) is 22.9 Å². The summed E-state index contributed by atoms with van der Waals surface area (Å²) in [6, 6.07) is 15.1. The summed E-state index contributed by atoms with van der Waals surface area (Å²) in [5.74, 6) is 0.657. The predicted molar refractivity (Wildman–Crippen MR) is 109 cm³/mol. The Bertz CT molecular complexity index is 989. The van der Waals surface area contributed by atoms with Crippen LogP contribution in [0.5, 0.6) is 0 Å². The number of rotatable bonds is 6. The summed E-state index contributed by atoms with van der Waals surface area (Å²) in [6.07, 6.45) is 0.454. The summed E-state index contributed by atoms with van der Waals surface area (Å²) < 4.78 is 34.4. The predicted octanol–water partition coefficient (Wildman–Crippen LogP) is 4.50. The summed E-state index contributed by atoms with van der Waals surface area (Å²) >= 11 is 7.98. The number of nitrogens with one attached hydrogen (secondary N) is 1. The van der Waals surface area contributed by atoms with Crippen molar-refractivity contribution in [1.82, 2.24) is 9.88 Å². The number of sulfonamides is 1. The number of aromatic nitrogens is 1. The van der Waals surface area contributed by atoms with Gasteiger partial charge in [0.15, 0.2) is 0 Å². The number of halogens is 2. The van der Waals surface area contributed by atoms with Crippen molar-refractivity contribution in [2.24, 2.45) is 0 Å². The molecular formula is C18H16ClIN2O3S. The van der Waals surface area contributed by atoms with Crippen molar-refractivity contribution in [1.29, 1.82) is 0 Å². The van der Waals surface area contributed by atoms with Gasteiger partial charge in [0, 0.05) is 5.02 Å². The van der Waals surface area contributed by atoms with Crippen LogP contribution in [-0.4, -0.2) is 13.6 Å². The van der Waals surface area contributed by atoms with E-state index >= 15 is 0 Å². The summed E-state index contributed by atoms with van der Waals surface area (Å²) in [6.45, 7) is 1.80. The molecule has 0 saturated heterocycles. The van der Waals surface area contributed by atoms with Gasteiger partial charge >= 0.3 is 0 Å². The number of aryl methyl sites for hydroxylation is 1. The lowest BCUT2D eigenvalue weighted by Gasteiger charge is -2.17. The number of benzene rings is 2. The maximum Gasteiger partial charge on any atom is 0.241 e. The van der Waals surface area contributed by atoms with Gasteiger partial charge in [-0.05, 0) is 65.8 Å². The zero-order valence-corrected chi connectivity index (χ0v) is 17.5. The van der Waals surface area contributed by atoms with Gasteiger partial charge in [0.2, 0.25) is 10.0 Å². The standard InChI is InChI=1S/C18H16ClIN2O3S/c1-12-17(20)18(21-25-12)16(11-13-5-3-2-4-6-13)22-26(23,24)15-9-7-14(19)8-10-15/h2-10,16,22H,11H2,1H3/t16-/m1/s1. The first-order chi connectivity index (χ1) is 12.4. The smallest absolute Gasteiger partial charge is 0.241 e. The Labute approximate surface area is 170 Å². The largest absolute Gasteiger partial charge is 0.360 e. The van der Waals surface area contributed by atoms with E-state index in [1.807, 2.05) is 30.3 Å². The Hall–Kier alpha value is -1.42. The van der Waals surface area contributed by atoms with Crippen molar-refractivity contribution in [3.8, 4) is 0 Å². The Morgan fingerprint density at radius 2 is 1.81 bits per heavy atom. The van der Waals surface area contributed by atoms with Crippen molar-refractivity contribution in [2.75, 3.05) is 0 Å². The fraction of sp³-hybridized carbons (Fsp3) is 0.167. The van der Waals surface area contributed by atoms with Gasteiger partial charge in [-0.3, -0.25) is 0 Å². The molecule has 0 aliphatic carbocycles. The lowest BCUT2D eigenvalue weighted by atomic mass is 10.0. The van der Waals surface area contributed by atoms with Crippen LogP contribution >= 0.6 is 34.2 Å². The molecule has 1 N–H and O–H groups in total. The normalized spacial score (nSPS) is 12.9. The first-order valence-electron chi connectivity index (χ1n) is 7.80. The highest BCUT2D eigenvalue weighted by Crippen LogP contribution is 2.27. The second-order valence-electron chi connectivity index (χ2n) is 5.76. The van der Waals surface area contributed by atoms with Crippen LogP contribution in [-0.2, 0) is 16.4 Å². The summed E-state index contributed by atoms with van der Waals surface area (Å²) in [4.78, 5) is 0.148. The van der Waals surface area contributed by atoms with Crippen molar-refractivity contribution in [3.63, 3.8) is 0 Å². The molecule has 3 aromatic rings. The third kappa shape index (κ3) is 4.46. The molecule has 26 heavy (non-hydrogen) atoms. The topological polar surface area (TPSA) is 72.2 Å². The van der Waals surface area contributed by atoms with E-state index in [1.165, 1.54) is 12.1 Å². The third-order valence-corrected chi connectivity index (χ3v) is 6.90. The SMILES string of the molecule is Cc1onc([C@@H](Cc2ccccc2)NS(=O)(=O)c2ccc(Cl)cc2)c1I. The van der Waals surface area contributed by atoms with Crippen LogP contribution in [0.3, 0.4) is 0 Å². The van der Waals surface area contributed by atoms with Crippen molar-refractivity contribution < 1.29 is 12.9 Å². The lowest BCUT2D eigenvalue weighted by molar-refractivity contribution is 0.382. The maximum atomic E-state index is 12.8. The molecule has 0 fully saturated rings. The fourth-order valence-electron chi connectivity index (χ4n) is 2.51. The van der Waals surface area contributed by atoms with Gasteiger partial charge in [0.1, 0.15) is 11.5 Å². The second-order valence-corrected chi connectivity index (χ2v) is 8.98. The van der Waals surface area contributed by atoms with Crippen LogP contribution in [0.1, 0.15) is 23.1 Å². The van der Waals surface area contributed by atoms with Crippen LogP contribution in [0.15, 0.2) is 64.0 Å². The van der Waals surface area contributed by atoms with Gasteiger partial charge in [-0.2, -0.15) is 0 Å². The van der Waals surface area contributed by atoms with Gasteiger partial charge in [0.05, 0.1) is 14.5 Å². The molecule has 1 aromatic heterocycles. The van der Waals surface area contributed by atoms with Crippen molar-refractivity contribution >= 4 is 44.2 Å². The fourth-order valence-corrected chi connectivity index (χ4v) is 4.41. The Morgan fingerprint density at radius 1 is 1.15 bits per heavy atom. The van der Waals surface area contributed by atoms with E-state index in [0.717, 1.165) is 9.13 Å².